The maximum absolute atomic E-state index is 12.7. The molecule has 3 unspecified atom stereocenters. The summed E-state index contributed by atoms with van der Waals surface area (Å²) in [6.45, 7) is 8.41. The molecule has 2 rings (SSSR count). The molecular weight excluding hydrogens is 418 g/mol. The number of ether oxygens (including phenoxy) is 2. The lowest BCUT2D eigenvalue weighted by Gasteiger charge is -2.36. The summed E-state index contributed by atoms with van der Waals surface area (Å²) < 4.78 is 11.1. The Morgan fingerprint density at radius 3 is 2.65 bits per heavy atom. The van der Waals surface area contributed by atoms with Gasteiger partial charge in [0.15, 0.2) is 5.11 Å². The molecule has 2 N–H and O–H groups in total. The summed E-state index contributed by atoms with van der Waals surface area (Å²) in [5, 5.41) is 5.49. The first kappa shape index (κ1) is 24.6. The van der Waals surface area contributed by atoms with Crippen molar-refractivity contribution in [3.8, 4) is 5.75 Å². The highest BCUT2D eigenvalue weighted by Crippen LogP contribution is 2.17. The van der Waals surface area contributed by atoms with Gasteiger partial charge in [-0.05, 0) is 57.1 Å². The molecule has 170 valence electrons. The Labute approximate surface area is 188 Å². The quantitative estimate of drug-likeness (QED) is 0.465. The zero-order chi connectivity index (χ0) is 23.0. The van der Waals surface area contributed by atoms with Crippen molar-refractivity contribution in [3.05, 3.63) is 29.8 Å². The third kappa shape index (κ3) is 7.20. The number of carbonyl (C=O) groups excluding carboxylic acids is 3. The number of piperazine rings is 1. The van der Waals surface area contributed by atoms with E-state index in [-0.39, 0.29) is 29.6 Å². The Morgan fingerprint density at radius 1 is 1.26 bits per heavy atom. The van der Waals surface area contributed by atoms with Crippen LogP contribution in [-0.2, 0) is 14.3 Å². The van der Waals surface area contributed by atoms with Gasteiger partial charge in [0.25, 0.3) is 5.91 Å². The number of thiocarbonyl (C=S) groups is 1. The lowest BCUT2D eigenvalue weighted by Crippen LogP contribution is -2.60. The smallest absolute Gasteiger partial charge is 0.308 e. The molecule has 0 aromatic heterocycles. The van der Waals surface area contributed by atoms with E-state index in [1.54, 1.807) is 36.1 Å². The molecule has 1 aromatic rings. The maximum Gasteiger partial charge on any atom is 0.308 e. The Morgan fingerprint density at radius 2 is 1.97 bits per heavy atom. The number of benzene rings is 1. The molecule has 1 saturated heterocycles. The molecule has 1 heterocycles. The zero-order valence-corrected chi connectivity index (χ0v) is 19.3. The summed E-state index contributed by atoms with van der Waals surface area (Å²) in [5.74, 6) is -0.624. The van der Waals surface area contributed by atoms with Crippen molar-refractivity contribution < 1.29 is 23.9 Å². The summed E-state index contributed by atoms with van der Waals surface area (Å²) in [7, 11) is 0. The van der Waals surface area contributed by atoms with Crippen LogP contribution in [0.4, 0.5) is 0 Å². The van der Waals surface area contributed by atoms with E-state index in [4.69, 9.17) is 21.7 Å². The van der Waals surface area contributed by atoms with E-state index < -0.39 is 17.9 Å². The van der Waals surface area contributed by atoms with Crippen LogP contribution in [0, 0.1) is 0 Å². The van der Waals surface area contributed by atoms with Gasteiger partial charge in [0.1, 0.15) is 11.8 Å². The van der Waals surface area contributed by atoms with E-state index in [0.717, 1.165) is 6.42 Å². The van der Waals surface area contributed by atoms with E-state index in [0.29, 0.717) is 30.8 Å². The second-order valence-corrected chi connectivity index (χ2v) is 7.92. The molecule has 0 bridgehead atoms. The highest BCUT2D eigenvalue weighted by molar-refractivity contribution is 7.80. The highest BCUT2D eigenvalue weighted by Gasteiger charge is 2.34. The van der Waals surface area contributed by atoms with E-state index in [2.05, 4.69) is 10.6 Å². The molecule has 2 amide bonds. The normalized spacial score (nSPS) is 17.9. The Hall–Kier alpha value is -2.68. The predicted octanol–water partition coefficient (Wildman–Crippen LogP) is 2.41. The van der Waals surface area contributed by atoms with Crippen molar-refractivity contribution in [3.63, 3.8) is 0 Å². The molecule has 1 aromatic carbocycles. The number of nitrogens with zero attached hydrogens (tertiary/aromatic N) is 1. The lowest BCUT2D eigenvalue weighted by molar-refractivity contribution is -0.151. The van der Waals surface area contributed by atoms with Gasteiger partial charge in [-0.2, -0.15) is 0 Å². The summed E-state index contributed by atoms with van der Waals surface area (Å²) in [4.78, 5) is 38.9. The number of rotatable bonds is 8. The van der Waals surface area contributed by atoms with E-state index in [1.807, 2.05) is 20.8 Å². The van der Waals surface area contributed by atoms with Crippen molar-refractivity contribution in [2.24, 2.45) is 0 Å². The van der Waals surface area contributed by atoms with Gasteiger partial charge in [-0.15, -0.1) is 0 Å². The van der Waals surface area contributed by atoms with Crippen molar-refractivity contribution in [2.45, 2.75) is 65.2 Å². The molecule has 3 atom stereocenters. The van der Waals surface area contributed by atoms with Gasteiger partial charge in [-0.25, -0.2) is 0 Å². The van der Waals surface area contributed by atoms with Crippen LogP contribution in [-0.4, -0.2) is 59.1 Å². The number of nitrogens with one attached hydrogen (secondary N) is 2. The number of hydrogen-bond acceptors (Lipinski definition) is 6. The van der Waals surface area contributed by atoms with Crippen LogP contribution in [0.15, 0.2) is 24.3 Å². The van der Waals surface area contributed by atoms with Crippen molar-refractivity contribution >= 4 is 35.1 Å². The molecule has 0 spiro atoms. The van der Waals surface area contributed by atoms with Crippen LogP contribution in [0.1, 0.15) is 57.3 Å². The fourth-order valence-corrected chi connectivity index (χ4v) is 3.25. The summed E-state index contributed by atoms with van der Waals surface area (Å²) in [6.07, 6.45) is 1.18. The van der Waals surface area contributed by atoms with Crippen molar-refractivity contribution in [1.82, 2.24) is 15.5 Å². The minimum Gasteiger partial charge on any atom is -0.491 e. The number of carbonyl (C=O) groups is 3. The van der Waals surface area contributed by atoms with Gasteiger partial charge >= 0.3 is 5.97 Å². The molecule has 0 radical (unpaired) electrons. The second-order valence-electron chi connectivity index (χ2n) is 7.54. The average Bonchev–Trinajstić information content (AvgIpc) is 2.74. The average molecular weight is 450 g/mol. The Bertz CT molecular complexity index is 816. The Balaban J connectivity index is 2.06. The SMILES string of the molecule is CCC(C)OC(=O)CC1C(=O)NCCN1C(=S)NC(=O)c1cccc(OC(C)CC)c1. The van der Waals surface area contributed by atoms with Crippen LogP contribution in [0.5, 0.6) is 5.75 Å². The highest BCUT2D eigenvalue weighted by atomic mass is 32.1. The van der Waals surface area contributed by atoms with Gasteiger partial charge in [0.2, 0.25) is 5.91 Å². The first-order chi connectivity index (χ1) is 14.7. The maximum atomic E-state index is 12.7. The van der Waals surface area contributed by atoms with Gasteiger partial charge in [-0.3, -0.25) is 19.7 Å². The molecule has 1 aliphatic heterocycles. The molecule has 8 nitrogen and oxygen atoms in total. The van der Waals surface area contributed by atoms with E-state index >= 15 is 0 Å². The molecule has 31 heavy (non-hydrogen) atoms. The molecule has 9 heteroatoms. The number of amides is 2. The topological polar surface area (TPSA) is 97.0 Å². The minimum absolute atomic E-state index is 0.0298. The zero-order valence-electron chi connectivity index (χ0n) is 18.5. The van der Waals surface area contributed by atoms with Gasteiger partial charge in [0.05, 0.1) is 18.6 Å². The number of hydrogen-bond donors (Lipinski definition) is 2. The van der Waals surface area contributed by atoms with Gasteiger partial charge in [0, 0.05) is 18.7 Å². The summed E-state index contributed by atoms with van der Waals surface area (Å²) in [6, 6.07) is 5.99. The van der Waals surface area contributed by atoms with Crippen LogP contribution in [0.25, 0.3) is 0 Å². The first-order valence-electron chi connectivity index (χ1n) is 10.6. The largest absolute Gasteiger partial charge is 0.491 e. The van der Waals surface area contributed by atoms with E-state index in [9.17, 15) is 14.4 Å². The number of esters is 1. The van der Waals surface area contributed by atoms with Crippen LogP contribution in [0.2, 0.25) is 0 Å². The van der Waals surface area contributed by atoms with Crippen molar-refractivity contribution in [1.29, 1.82) is 0 Å². The Kier molecular flexibility index (Phi) is 9.23. The molecular formula is C22H31N3O5S. The monoisotopic (exact) mass is 449 g/mol. The van der Waals surface area contributed by atoms with Crippen LogP contribution >= 0.6 is 12.2 Å². The van der Waals surface area contributed by atoms with Gasteiger partial charge in [-0.1, -0.05) is 19.9 Å². The van der Waals surface area contributed by atoms with Crippen LogP contribution < -0.4 is 15.4 Å². The molecule has 1 fully saturated rings. The standard InChI is InChI=1S/C22H31N3O5S/c1-5-14(3)29-17-9-7-8-16(12-17)20(27)24-22(31)25-11-10-23-21(28)18(25)13-19(26)30-15(4)6-2/h7-9,12,14-15,18H,5-6,10-11,13H2,1-4H3,(H,23,28)(H,24,27,31). The van der Waals surface area contributed by atoms with Gasteiger partial charge < -0.3 is 19.7 Å². The first-order valence-corrected chi connectivity index (χ1v) is 11.0. The van der Waals surface area contributed by atoms with Crippen molar-refractivity contribution in [2.75, 3.05) is 13.1 Å². The molecule has 0 saturated carbocycles. The third-order valence-corrected chi connectivity index (χ3v) is 5.42. The molecule has 1 aliphatic rings. The second kappa shape index (κ2) is 11.6. The molecule has 0 aliphatic carbocycles. The summed E-state index contributed by atoms with van der Waals surface area (Å²) >= 11 is 5.40. The lowest BCUT2D eigenvalue weighted by atomic mass is 10.1. The third-order valence-electron chi connectivity index (χ3n) is 5.09. The minimum atomic E-state index is -0.835. The fraction of sp³-hybridized carbons (Fsp3) is 0.545. The van der Waals surface area contributed by atoms with E-state index in [1.165, 1.54) is 0 Å². The predicted molar refractivity (Wildman–Crippen MR) is 121 cm³/mol. The summed E-state index contributed by atoms with van der Waals surface area (Å²) in [5.41, 5.74) is 0.386. The fourth-order valence-electron chi connectivity index (χ4n) is 2.94. The van der Waals surface area contributed by atoms with Crippen LogP contribution in [0.3, 0.4) is 0 Å².